The molecule has 0 bridgehead atoms. The summed E-state index contributed by atoms with van der Waals surface area (Å²) in [4.78, 5) is 10.6. The van der Waals surface area contributed by atoms with Gasteiger partial charge in [0.15, 0.2) is 0 Å². The number of imidazole rings is 1. The quantitative estimate of drug-likeness (QED) is 0.805. The van der Waals surface area contributed by atoms with Crippen LogP contribution in [0.5, 0.6) is 0 Å². The number of pyridine rings is 1. The van der Waals surface area contributed by atoms with Crippen molar-refractivity contribution in [3.05, 3.63) is 30.9 Å². The molecule has 0 aromatic carbocycles. The molecule has 5 heteroatoms. The van der Waals surface area contributed by atoms with E-state index in [2.05, 4.69) is 33.5 Å². The van der Waals surface area contributed by atoms with Gasteiger partial charge >= 0.3 is 0 Å². The third kappa shape index (κ3) is 3.79. The van der Waals surface area contributed by atoms with Crippen LogP contribution in [0.4, 0.5) is 5.82 Å². The Morgan fingerprint density at radius 3 is 2.74 bits per heavy atom. The summed E-state index contributed by atoms with van der Waals surface area (Å²) in [6.07, 6.45) is 7.87. The summed E-state index contributed by atoms with van der Waals surface area (Å²) in [5, 5.41) is 0. The average molecular weight is 259 g/mol. The van der Waals surface area contributed by atoms with E-state index in [1.54, 1.807) is 6.20 Å². The maximum atomic E-state index is 5.61. The lowest BCUT2D eigenvalue weighted by molar-refractivity contribution is 0.388. The minimum absolute atomic E-state index is 0.542. The highest BCUT2D eigenvalue weighted by Crippen LogP contribution is 2.19. The molecule has 0 saturated carbocycles. The maximum absolute atomic E-state index is 5.61. The molecule has 0 unspecified atom stereocenters. The largest absolute Gasteiger partial charge is 0.384 e. The molecule has 2 aromatic heterocycles. The molecule has 2 rings (SSSR count). The third-order valence-electron chi connectivity index (χ3n) is 3.05. The Labute approximate surface area is 114 Å². The summed E-state index contributed by atoms with van der Waals surface area (Å²) >= 11 is 0. The van der Waals surface area contributed by atoms with Gasteiger partial charge in [-0.25, -0.2) is 9.97 Å². The number of anilines is 1. The number of nitrogens with two attached hydrogens (primary N) is 1. The molecule has 0 amide bonds. The number of aryl methyl sites for hydroxylation is 1. The summed E-state index contributed by atoms with van der Waals surface area (Å²) in [5.41, 5.74) is 7.76. The van der Waals surface area contributed by atoms with Gasteiger partial charge in [0, 0.05) is 18.3 Å². The first-order valence-electron chi connectivity index (χ1n) is 6.53. The van der Waals surface area contributed by atoms with Crippen LogP contribution in [0, 0.1) is 0 Å². The summed E-state index contributed by atoms with van der Waals surface area (Å²) in [6.45, 7) is 2.10. The van der Waals surface area contributed by atoms with E-state index in [1.807, 2.05) is 24.7 Å². The first kappa shape index (κ1) is 13.5. The fraction of sp³-hybridized carbons (Fsp3) is 0.429. The van der Waals surface area contributed by atoms with Gasteiger partial charge in [-0.1, -0.05) is 0 Å². The number of rotatable bonds is 6. The third-order valence-corrected chi connectivity index (χ3v) is 3.05. The first-order chi connectivity index (χ1) is 9.16. The predicted octanol–water partition coefficient (Wildman–Crippen LogP) is 1.87. The Bertz CT molecular complexity index is 501. The van der Waals surface area contributed by atoms with Crippen LogP contribution in [0.3, 0.4) is 0 Å². The molecule has 0 aliphatic rings. The monoisotopic (exact) mass is 259 g/mol. The second kappa shape index (κ2) is 6.33. The lowest BCUT2D eigenvalue weighted by Crippen LogP contribution is -2.13. The van der Waals surface area contributed by atoms with Crippen molar-refractivity contribution in [1.82, 2.24) is 19.4 Å². The molecule has 2 N–H and O–H groups in total. The van der Waals surface area contributed by atoms with Gasteiger partial charge in [-0.2, -0.15) is 0 Å². The fourth-order valence-electron chi connectivity index (χ4n) is 2.01. The van der Waals surface area contributed by atoms with E-state index >= 15 is 0 Å². The van der Waals surface area contributed by atoms with Crippen molar-refractivity contribution in [2.24, 2.45) is 0 Å². The van der Waals surface area contributed by atoms with Crippen molar-refractivity contribution in [3.63, 3.8) is 0 Å². The molecule has 0 spiro atoms. The second-order valence-electron chi connectivity index (χ2n) is 4.95. The second-order valence-corrected chi connectivity index (χ2v) is 4.95. The number of nitrogen functional groups attached to an aromatic ring is 1. The molecule has 0 radical (unpaired) electrons. The van der Waals surface area contributed by atoms with Crippen LogP contribution in [0.15, 0.2) is 30.9 Å². The topological polar surface area (TPSA) is 60.0 Å². The van der Waals surface area contributed by atoms with Gasteiger partial charge in [-0.05, 0) is 45.6 Å². The molecule has 0 fully saturated rings. The van der Waals surface area contributed by atoms with Gasteiger partial charge in [0.05, 0.1) is 18.2 Å². The van der Waals surface area contributed by atoms with Gasteiger partial charge in [0.2, 0.25) is 0 Å². The van der Waals surface area contributed by atoms with Crippen molar-refractivity contribution in [1.29, 1.82) is 0 Å². The average Bonchev–Trinajstić information content (AvgIpc) is 2.84. The smallest absolute Gasteiger partial charge is 0.123 e. The van der Waals surface area contributed by atoms with Crippen molar-refractivity contribution in [2.45, 2.75) is 19.4 Å². The molecule has 0 aliphatic heterocycles. The molecule has 19 heavy (non-hydrogen) atoms. The van der Waals surface area contributed by atoms with Crippen LogP contribution in [-0.2, 0) is 6.54 Å². The normalized spacial score (nSPS) is 11.1. The minimum atomic E-state index is 0.542. The number of nitrogens with zero attached hydrogens (tertiary/aromatic N) is 4. The molecule has 0 atom stereocenters. The zero-order chi connectivity index (χ0) is 13.7. The minimum Gasteiger partial charge on any atom is -0.384 e. The molecule has 2 aromatic rings. The maximum Gasteiger partial charge on any atom is 0.123 e. The lowest BCUT2D eigenvalue weighted by atomic mass is 10.2. The van der Waals surface area contributed by atoms with E-state index in [-0.39, 0.29) is 0 Å². The molecule has 5 nitrogen and oxygen atoms in total. The van der Waals surface area contributed by atoms with Gasteiger partial charge < -0.3 is 15.2 Å². The van der Waals surface area contributed by atoms with Crippen LogP contribution in [0.2, 0.25) is 0 Å². The van der Waals surface area contributed by atoms with Gasteiger partial charge in [-0.3, -0.25) is 0 Å². The van der Waals surface area contributed by atoms with Crippen LogP contribution >= 0.6 is 0 Å². The molecule has 0 saturated heterocycles. The van der Waals surface area contributed by atoms with Crippen LogP contribution < -0.4 is 5.73 Å². The summed E-state index contributed by atoms with van der Waals surface area (Å²) in [5.74, 6) is 0.542. The molecular formula is C14H21N5. The molecular weight excluding hydrogens is 238 g/mol. The van der Waals surface area contributed by atoms with E-state index in [1.165, 1.54) is 6.42 Å². The number of hydrogen-bond acceptors (Lipinski definition) is 4. The fourth-order valence-corrected chi connectivity index (χ4v) is 2.01. The van der Waals surface area contributed by atoms with E-state index < -0.39 is 0 Å². The number of unbranched alkanes of at least 4 members (excludes halogenated alkanes) is 1. The van der Waals surface area contributed by atoms with Gasteiger partial charge in [0.25, 0.3) is 0 Å². The van der Waals surface area contributed by atoms with Crippen molar-refractivity contribution in [2.75, 3.05) is 26.4 Å². The van der Waals surface area contributed by atoms with Gasteiger partial charge in [-0.15, -0.1) is 0 Å². The Morgan fingerprint density at radius 2 is 2.05 bits per heavy atom. The first-order valence-corrected chi connectivity index (χ1v) is 6.53. The standard InChI is InChI=1S/C14H21N5/c1-18(2)7-3-4-8-19-11-16-10-13(19)12-5-6-14(15)17-9-12/h5-6,9-11H,3-4,7-8H2,1-2H3,(H2,15,17). The molecule has 2 heterocycles. The number of hydrogen-bond donors (Lipinski definition) is 1. The Hall–Kier alpha value is -1.88. The van der Waals surface area contributed by atoms with Crippen molar-refractivity contribution < 1.29 is 0 Å². The summed E-state index contributed by atoms with van der Waals surface area (Å²) in [6, 6.07) is 3.80. The highest BCUT2D eigenvalue weighted by atomic mass is 15.1. The van der Waals surface area contributed by atoms with Gasteiger partial charge in [0.1, 0.15) is 5.82 Å². The van der Waals surface area contributed by atoms with Crippen molar-refractivity contribution >= 4 is 5.82 Å². The highest BCUT2D eigenvalue weighted by molar-refractivity contribution is 5.59. The Morgan fingerprint density at radius 1 is 1.21 bits per heavy atom. The highest BCUT2D eigenvalue weighted by Gasteiger charge is 2.05. The summed E-state index contributed by atoms with van der Waals surface area (Å²) in [7, 11) is 4.20. The zero-order valence-electron chi connectivity index (χ0n) is 11.6. The van der Waals surface area contributed by atoms with E-state index in [9.17, 15) is 0 Å². The lowest BCUT2D eigenvalue weighted by Gasteiger charge is -2.11. The van der Waals surface area contributed by atoms with Crippen LogP contribution in [0.25, 0.3) is 11.3 Å². The summed E-state index contributed by atoms with van der Waals surface area (Å²) < 4.78 is 2.17. The van der Waals surface area contributed by atoms with Crippen LogP contribution in [0.1, 0.15) is 12.8 Å². The zero-order valence-corrected chi connectivity index (χ0v) is 11.6. The van der Waals surface area contributed by atoms with Crippen molar-refractivity contribution in [3.8, 4) is 11.3 Å². The van der Waals surface area contributed by atoms with E-state index in [0.717, 1.165) is 30.8 Å². The van der Waals surface area contributed by atoms with E-state index in [4.69, 9.17) is 5.73 Å². The van der Waals surface area contributed by atoms with E-state index in [0.29, 0.717) is 5.82 Å². The van der Waals surface area contributed by atoms with Crippen LogP contribution in [-0.4, -0.2) is 40.1 Å². The number of aromatic nitrogens is 3. The SMILES string of the molecule is CN(C)CCCCn1cncc1-c1ccc(N)nc1. The molecule has 102 valence electrons. The Kier molecular flexibility index (Phi) is 4.52. The Balaban J connectivity index is 1.99. The molecule has 0 aliphatic carbocycles. The predicted molar refractivity (Wildman–Crippen MR) is 77.7 cm³/mol.